The molecule has 0 aromatic heterocycles. The summed E-state index contributed by atoms with van der Waals surface area (Å²) < 4.78 is 51.6. The van der Waals surface area contributed by atoms with Crippen LogP contribution in [0.3, 0.4) is 0 Å². The smallest absolute Gasteiger partial charge is 0.328 e. The Morgan fingerprint density at radius 1 is 1.25 bits per heavy atom. The minimum atomic E-state index is -4.11. The molecule has 1 atom stereocenters. The number of rotatable bonds is 6. The Bertz CT molecular complexity index is 1150. The van der Waals surface area contributed by atoms with E-state index in [0.29, 0.717) is 29.9 Å². The van der Waals surface area contributed by atoms with Gasteiger partial charge in [-0.05, 0) is 49.2 Å². The summed E-state index contributed by atoms with van der Waals surface area (Å²) in [5.74, 6) is -0.593. The number of carbonyl (C=O) groups excluding carboxylic acids is 2. The van der Waals surface area contributed by atoms with Crippen molar-refractivity contribution in [2.45, 2.75) is 24.2 Å². The first-order valence-corrected chi connectivity index (χ1v) is 11.3. The van der Waals surface area contributed by atoms with E-state index < -0.39 is 27.8 Å². The lowest BCUT2D eigenvalue weighted by atomic mass is 9.92. The third-order valence-electron chi connectivity index (χ3n) is 5.13. The molecule has 3 amide bonds. The van der Waals surface area contributed by atoms with Gasteiger partial charge >= 0.3 is 6.03 Å². The number of halogens is 1. The van der Waals surface area contributed by atoms with Crippen LogP contribution in [0, 0.1) is 12.7 Å². The summed E-state index contributed by atoms with van der Waals surface area (Å²) >= 11 is 0. The van der Waals surface area contributed by atoms with Crippen LogP contribution >= 0.6 is 0 Å². The van der Waals surface area contributed by atoms with E-state index in [1.54, 1.807) is 13.0 Å². The molecular weight excluding hydrogens is 441 g/mol. The fourth-order valence-electron chi connectivity index (χ4n) is 3.49. The van der Waals surface area contributed by atoms with Gasteiger partial charge in [0.1, 0.15) is 17.3 Å². The SMILES string of the molecule is CNC(=O)NS(=O)(=O)c1cc2c(cc1C)OCCC2CNC(=O)c1cc(F)ccc1OC. The minimum Gasteiger partial charge on any atom is -0.496 e. The van der Waals surface area contributed by atoms with Gasteiger partial charge in [-0.1, -0.05) is 0 Å². The molecule has 172 valence electrons. The maximum atomic E-state index is 13.6. The molecule has 3 N–H and O–H groups in total. The zero-order valence-electron chi connectivity index (χ0n) is 17.8. The second-order valence-corrected chi connectivity index (χ2v) is 8.88. The van der Waals surface area contributed by atoms with Crippen molar-refractivity contribution in [1.82, 2.24) is 15.4 Å². The number of nitrogens with one attached hydrogen (secondary N) is 3. The van der Waals surface area contributed by atoms with Gasteiger partial charge in [0, 0.05) is 25.1 Å². The number of hydrogen-bond acceptors (Lipinski definition) is 6. The van der Waals surface area contributed by atoms with Gasteiger partial charge in [-0.2, -0.15) is 0 Å². The van der Waals surface area contributed by atoms with E-state index in [4.69, 9.17) is 9.47 Å². The fraction of sp³-hybridized carbons (Fsp3) is 0.333. The van der Waals surface area contributed by atoms with Gasteiger partial charge in [-0.15, -0.1) is 0 Å². The molecule has 0 saturated carbocycles. The Morgan fingerprint density at radius 2 is 2.00 bits per heavy atom. The Morgan fingerprint density at radius 3 is 2.69 bits per heavy atom. The number of ether oxygens (including phenoxy) is 2. The third-order valence-corrected chi connectivity index (χ3v) is 6.60. The minimum absolute atomic E-state index is 0.0572. The predicted molar refractivity (Wildman–Crippen MR) is 114 cm³/mol. The first-order chi connectivity index (χ1) is 15.2. The summed E-state index contributed by atoms with van der Waals surface area (Å²) in [6, 6.07) is 5.84. The topological polar surface area (TPSA) is 123 Å². The molecule has 1 aliphatic heterocycles. The van der Waals surface area contributed by atoms with Crippen molar-refractivity contribution in [2.75, 3.05) is 27.3 Å². The molecular formula is C21H24FN3O6S. The van der Waals surface area contributed by atoms with Crippen LogP contribution in [0.1, 0.15) is 33.8 Å². The second kappa shape index (κ2) is 9.43. The first-order valence-electron chi connectivity index (χ1n) is 9.80. The van der Waals surface area contributed by atoms with Crippen LogP contribution in [-0.4, -0.2) is 47.7 Å². The summed E-state index contributed by atoms with van der Waals surface area (Å²) in [5.41, 5.74) is 1.06. The average molecular weight is 466 g/mol. The molecule has 0 fully saturated rings. The van der Waals surface area contributed by atoms with Crippen LogP contribution in [0.25, 0.3) is 0 Å². The van der Waals surface area contributed by atoms with Gasteiger partial charge < -0.3 is 20.1 Å². The number of carbonyl (C=O) groups is 2. The van der Waals surface area contributed by atoms with Gasteiger partial charge in [-0.25, -0.2) is 22.3 Å². The fourth-order valence-corrected chi connectivity index (χ4v) is 4.71. The molecule has 2 aromatic rings. The van der Waals surface area contributed by atoms with Gasteiger partial charge in [0.05, 0.1) is 24.2 Å². The van der Waals surface area contributed by atoms with Gasteiger partial charge in [0.25, 0.3) is 15.9 Å². The van der Waals surface area contributed by atoms with Crippen molar-refractivity contribution in [3.8, 4) is 11.5 Å². The van der Waals surface area contributed by atoms with Crippen LogP contribution < -0.4 is 24.8 Å². The molecule has 0 bridgehead atoms. The molecule has 1 unspecified atom stereocenters. The first kappa shape index (κ1) is 23.3. The Kier molecular flexibility index (Phi) is 6.87. The molecule has 3 rings (SSSR count). The van der Waals surface area contributed by atoms with Crippen LogP contribution in [0.5, 0.6) is 11.5 Å². The van der Waals surface area contributed by atoms with E-state index in [1.807, 2.05) is 4.72 Å². The van der Waals surface area contributed by atoms with Crippen molar-refractivity contribution in [3.05, 3.63) is 52.8 Å². The molecule has 1 aliphatic rings. The number of urea groups is 1. The number of fused-ring (bicyclic) bond motifs is 1. The molecule has 0 aliphatic carbocycles. The highest BCUT2D eigenvalue weighted by atomic mass is 32.2. The number of amides is 3. The highest BCUT2D eigenvalue weighted by Gasteiger charge is 2.28. The van der Waals surface area contributed by atoms with Crippen molar-refractivity contribution in [3.63, 3.8) is 0 Å². The van der Waals surface area contributed by atoms with E-state index in [2.05, 4.69) is 10.6 Å². The molecule has 0 spiro atoms. The summed E-state index contributed by atoms with van der Waals surface area (Å²) in [7, 11) is -1.42. The molecule has 1 heterocycles. The molecule has 32 heavy (non-hydrogen) atoms. The summed E-state index contributed by atoms with van der Waals surface area (Å²) in [6.45, 7) is 2.16. The van der Waals surface area contributed by atoms with Crippen LogP contribution in [0.2, 0.25) is 0 Å². The van der Waals surface area contributed by atoms with Gasteiger partial charge in [0.2, 0.25) is 0 Å². The third kappa shape index (κ3) is 4.93. The van der Waals surface area contributed by atoms with E-state index >= 15 is 0 Å². The molecule has 0 radical (unpaired) electrons. The Labute approximate surface area is 185 Å². The van der Waals surface area contributed by atoms with Crippen LogP contribution in [-0.2, 0) is 10.0 Å². The van der Waals surface area contributed by atoms with E-state index in [0.717, 1.165) is 6.07 Å². The summed E-state index contributed by atoms with van der Waals surface area (Å²) in [4.78, 5) is 24.1. The van der Waals surface area contributed by atoms with Crippen molar-refractivity contribution < 1.29 is 31.9 Å². The van der Waals surface area contributed by atoms with Crippen LogP contribution in [0.15, 0.2) is 35.2 Å². The van der Waals surface area contributed by atoms with Crippen molar-refractivity contribution in [2.24, 2.45) is 0 Å². The maximum Gasteiger partial charge on any atom is 0.328 e. The largest absolute Gasteiger partial charge is 0.496 e. The van der Waals surface area contributed by atoms with Crippen molar-refractivity contribution in [1.29, 1.82) is 0 Å². The lowest BCUT2D eigenvalue weighted by Gasteiger charge is -2.27. The second-order valence-electron chi connectivity index (χ2n) is 7.23. The number of benzene rings is 2. The summed E-state index contributed by atoms with van der Waals surface area (Å²) in [6.07, 6.45) is 0.527. The zero-order chi connectivity index (χ0) is 23.5. The maximum absolute atomic E-state index is 13.6. The Balaban J connectivity index is 1.85. The van der Waals surface area contributed by atoms with E-state index in [9.17, 15) is 22.4 Å². The van der Waals surface area contributed by atoms with E-state index in [1.165, 1.54) is 32.4 Å². The normalized spacial score (nSPS) is 15.2. The lowest BCUT2D eigenvalue weighted by Crippen LogP contribution is -2.37. The van der Waals surface area contributed by atoms with Crippen LogP contribution in [0.4, 0.5) is 9.18 Å². The van der Waals surface area contributed by atoms with Crippen molar-refractivity contribution >= 4 is 22.0 Å². The van der Waals surface area contributed by atoms with Gasteiger partial charge in [0.15, 0.2) is 0 Å². The van der Waals surface area contributed by atoms with E-state index in [-0.39, 0.29) is 28.7 Å². The van der Waals surface area contributed by atoms with Gasteiger partial charge in [-0.3, -0.25) is 4.79 Å². The molecule has 9 nitrogen and oxygen atoms in total. The highest BCUT2D eigenvalue weighted by molar-refractivity contribution is 7.90. The predicted octanol–water partition coefficient (Wildman–Crippen LogP) is 2.06. The molecule has 11 heteroatoms. The number of sulfonamides is 1. The zero-order valence-corrected chi connectivity index (χ0v) is 18.6. The monoisotopic (exact) mass is 465 g/mol. The number of aryl methyl sites for hydroxylation is 1. The lowest BCUT2D eigenvalue weighted by molar-refractivity contribution is 0.0944. The standard InChI is InChI=1S/C21H24FN3O6S/c1-12-8-18-15(10-19(12)32(28,29)25-21(27)23-2)13(6-7-31-18)11-24-20(26)16-9-14(22)4-5-17(16)30-3/h4-5,8-10,13H,6-7,11H2,1-3H3,(H,24,26)(H2,23,25,27). The summed E-state index contributed by atoms with van der Waals surface area (Å²) in [5, 5.41) is 4.96. The highest BCUT2D eigenvalue weighted by Crippen LogP contribution is 2.36. The average Bonchev–Trinajstić information content (AvgIpc) is 2.76. The Hall–Kier alpha value is -3.34. The quantitative estimate of drug-likeness (QED) is 0.600. The number of methoxy groups -OCH3 is 1. The molecule has 0 saturated heterocycles. The number of hydrogen-bond donors (Lipinski definition) is 3. The molecule has 2 aromatic carbocycles.